The molecule has 0 saturated heterocycles. The van der Waals surface area contributed by atoms with Crippen LogP contribution >= 0.6 is 15.9 Å². The molecule has 0 atom stereocenters. The molecule has 1 aromatic heterocycles. The summed E-state index contributed by atoms with van der Waals surface area (Å²) in [5, 5.41) is 8.30. The van der Waals surface area contributed by atoms with Crippen LogP contribution in [0.3, 0.4) is 0 Å². The summed E-state index contributed by atoms with van der Waals surface area (Å²) < 4.78 is 13.5. The highest BCUT2D eigenvalue weighted by Crippen LogP contribution is 2.21. The molecule has 0 amide bonds. The third-order valence-electron chi connectivity index (χ3n) is 1.55. The van der Waals surface area contributed by atoms with Gasteiger partial charge in [-0.05, 0) is 34.1 Å². The first-order chi connectivity index (χ1) is 5.77. The summed E-state index contributed by atoms with van der Waals surface area (Å²) in [7, 11) is 0. The van der Waals surface area contributed by atoms with Crippen molar-refractivity contribution in [2.24, 2.45) is 0 Å². The summed E-state index contributed by atoms with van der Waals surface area (Å²) in [6, 6.07) is 4.39. The molecule has 60 valence electrons. The molecule has 0 aliphatic rings. The maximum Gasteiger partial charge on any atom is 0.124 e. The minimum Gasteiger partial charge on any atom is -0.207 e. The van der Waals surface area contributed by atoms with Crippen molar-refractivity contribution < 1.29 is 4.39 Å². The van der Waals surface area contributed by atoms with E-state index in [1.165, 1.54) is 12.1 Å². The fourth-order valence-corrected chi connectivity index (χ4v) is 1.41. The third-order valence-corrected chi connectivity index (χ3v) is 2.18. The summed E-state index contributed by atoms with van der Waals surface area (Å²) in [6.07, 6.45) is 1.54. The normalized spacial score (nSPS) is 10.5. The van der Waals surface area contributed by atoms with Crippen molar-refractivity contribution in [3.05, 3.63) is 34.7 Å². The van der Waals surface area contributed by atoms with Crippen LogP contribution in [-0.2, 0) is 0 Å². The third kappa shape index (κ3) is 1.18. The molecule has 0 aliphatic heterocycles. The molecule has 0 N–H and O–H groups in total. The predicted molar refractivity (Wildman–Crippen MR) is 47.2 cm³/mol. The fraction of sp³-hybridized carbons (Fsp3) is 0. The van der Waals surface area contributed by atoms with E-state index in [1.807, 2.05) is 0 Å². The van der Waals surface area contributed by atoms with Crippen LogP contribution in [0.5, 0.6) is 0 Å². The molecule has 0 bridgehead atoms. The predicted octanol–water partition coefficient (Wildman–Crippen LogP) is 2.53. The van der Waals surface area contributed by atoms with Crippen molar-refractivity contribution in [2.45, 2.75) is 0 Å². The summed E-state index contributed by atoms with van der Waals surface area (Å²) in [4.78, 5) is 0. The molecular weight excluding hydrogens is 223 g/mol. The van der Waals surface area contributed by atoms with Gasteiger partial charge in [0.2, 0.25) is 0 Å². The molecule has 0 aliphatic carbocycles. The molecule has 2 rings (SSSR count). The molecule has 0 spiro atoms. The van der Waals surface area contributed by atoms with Crippen LogP contribution < -0.4 is 0 Å². The van der Waals surface area contributed by atoms with Gasteiger partial charge in [-0.25, -0.2) is 4.39 Å². The number of halogens is 2. The number of fused-ring (bicyclic) bond motifs is 1. The van der Waals surface area contributed by atoms with E-state index in [9.17, 15) is 4.39 Å². The van der Waals surface area contributed by atoms with Gasteiger partial charge in [-0.2, -0.15) is 10.2 Å². The smallest absolute Gasteiger partial charge is 0.124 e. The average molecular weight is 227 g/mol. The van der Waals surface area contributed by atoms with Crippen molar-refractivity contribution in [3.63, 3.8) is 0 Å². The van der Waals surface area contributed by atoms with Crippen molar-refractivity contribution in [1.29, 1.82) is 0 Å². The first-order valence-corrected chi connectivity index (χ1v) is 4.13. The summed E-state index contributed by atoms with van der Waals surface area (Å²) in [5.41, 5.74) is 0.686. The molecule has 2 aromatic rings. The zero-order valence-corrected chi connectivity index (χ0v) is 7.55. The average Bonchev–Trinajstić information content (AvgIpc) is 2.07. The van der Waals surface area contributed by atoms with Gasteiger partial charge < -0.3 is 0 Å². The Kier molecular flexibility index (Phi) is 1.77. The van der Waals surface area contributed by atoms with Crippen LogP contribution in [0.15, 0.2) is 28.9 Å². The van der Waals surface area contributed by atoms with E-state index in [4.69, 9.17) is 0 Å². The second kappa shape index (κ2) is 2.79. The lowest BCUT2D eigenvalue weighted by Gasteiger charge is -1.97. The Hall–Kier alpha value is -1.03. The molecule has 0 unspecified atom stereocenters. The highest BCUT2D eigenvalue weighted by Gasteiger charge is 2.00. The minimum absolute atomic E-state index is 0.267. The fourth-order valence-electron chi connectivity index (χ4n) is 0.998. The van der Waals surface area contributed by atoms with Crippen molar-refractivity contribution >= 4 is 26.8 Å². The number of aromatic nitrogens is 2. The number of hydrogen-bond acceptors (Lipinski definition) is 2. The largest absolute Gasteiger partial charge is 0.207 e. The molecule has 12 heavy (non-hydrogen) atoms. The van der Waals surface area contributed by atoms with Gasteiger partial charge in [0.1, 0.15) is 5.82 Å². The first kappa shape index (κ1) is 7.61. The van der Waals surface area contributed by atoms with E-state index < -0.39 is 0 Å². The van der Waals surface area contributed by atoms with E-state index in [2.05, 4.69) is 26.1 Å². The van der Waals surface area contributed by atoms with Crippen LogP contribution in [-0.4, -0.2) is 10.2 Å². The second-order valence-electron chi connectivity index (χ2n) is 2.35. The number of nitrogens with zero attached hydrogens (tertiary/aromatic N) is 2. The number of hydrogen-bond donors (Lipinski definition) is 0. The molecule has 2 nitrogen and oxygen atoms in total. The summed E-state index contributed by atoms with van der Waals surface area (Å²) in [6.45, 7) is 0. The molecule has 0 fully saturated rings. The Morgan fingerprint density at radius 2 is 2.17 bits per heavy atom. The van der Waals surface area contributed by atoms with E-state index >= 15 is 0 Å². The van der Waals surface area contributed by atoms with Gasteiger partial charge in [0, 0.05) is 9.86 Å². The Labute approximate surface area is 76.6 Å². The van der Waals surface area contributed by atoms with E-state index in [0.29, 0.717) is 5.52 Å². The summed E-state index contributed by atoms with van der Waals surface area (Å²) in [5.74, 6) is -0.267. The van der Waals surface area contributed by atoms with Gasteiger partial charge in [0.25, 0.3) is 0 Å². The summed E-state index contributed by atoms with van der Waals surface area (Å²) >= 11 is 3.26. The Bertz CT molecular complexity index is 430. The lowest BCUT2D eigenvalue weighted by Crippen LogP contribution is -1.84. The minimum atomic E-state index is -0.267. The lowest BCUT2D eigenvalue weighted by atomic mass is 10.2. The van der Waals surface area contributed by atoms with Crippen LogP contribution in [0, 0.1) is 5.82 Å². The van der Waals surface area contributed by atoms with Gasteiger partial charge in [-0.15, -0.1) is 0 Å². The van der Waals surface area contributed by atoms with Crippen molar-refractivity contribution in [2.75, 3.05) is 0 Å². The Morgan fingerprint density at radius 3 is 3.00 bits per heavy atom. The van der Waals surface area contributed by atoms with E-state index in [-0.39, 0.29) is 5.82 Å². The van der Waals surface area contributed by atoms with Crippen molar-refractivity contribution in [3.8, 4) is 0 Å². The molecule has 0 radical (unpaired) electrons. The monoisotopic (exact) mass is 226 g/mol. The van der Waals surface area contributed by atoms with Gasteiger partial charge >= 0.3 is 0 Å². The quantitative estimate of drug-likeness (QED) is 0.691. The maximum atomic E-state index is 12.7. The molecule has 1 heterocycles. The standard InChI is InChI=1S/C8H4BrFN2/c9-7-4-11-12-8-2-1-5(10)3-6(7)8/h1-4H. The zero-order valence-electron chi connectivity index (χ0n) is 5.96. The maximum absolute atomic E-state index is 12.7. The van der Waals surface area contributed by atoms with Gasteiger partial charge in [-0.3, -0.25) is 0 Å². The molecule has 1 aromatic carbocycles. The van der Waals surface area contributed by atoms with Gasteiger partial charge in [-0.1, -0.05) is 0 Å². The van der Waals surface area contributed by atoms with E-state index in [0.717, 1.165) is 9.86 Å². The van der Waals surface area contributed by atoms with Crippen LogP contribution in [0.4, 0.5) is 4.39 Å². The van der Waals surface area contributed by atoms with Gasteiger partial charge in [0.05, 0.1) is 11.7 Å². The molecular formula is C8H4BrFN2. The van der Waals surface area contributed by atoms with Gasteiger partial charge in [0.15, 0.2) is 0 Å². The molecule has 0 saturated carbocycles. The Morgan fingerprint density at radius 1 is 1.33 bits per heavy atom. The topological polar surface area (TPSA) is 25.8 Å². The van der Waals surface area contributed by atoms with Crippen LogP contribution in [0.25, 0.3) is 10.9 Å². The number of benzene rings is 1. The molecule has 4 heteroatoms. The number of rotatable bonds is 0. The second-order valence-corrected chi connectivity index (χ2v) is 3.21. The van der Waals surface area contributed by atoms with E-state index in [1.54, 1.807) is 12.3 Å². The highest BCUT2D eigenvalue weighted by atomic mass is 79.9. The Balaban J connectivity index is 2.88. The van der Waals surface area contributed by atoms with Crippen LogP contribution in [0.2, 0.25) is 0 Å². The van der Waals surface area contributed by atoms with Crippen molar-refractivity contribution in [1.82, 2.24) is 10.2 Å². The first-order valence-electron chi connectivity index (χ1n) is 3.34. The SMILES string of the molecule is Fc1ccc2nncc(Br)c2c1. The van der Waals surface area contributed by atoms with Crippen LogP contribution in [0.1, 0.15) is 0 Å². The zero-order chi connectivity index (χ0) is 8.55. The highest BCUT2D eigenvalue weighted by molar-refractivity contribution is 9.10. The lowest BCUT2D eigenvalue weighted by molar-refractivity contribution is 0.629.